The zero-order chi connectivity index (χ0) is 11.4. The van der Waals surface area contributed by atoms with Crippen LogP contribution in [0, 0.1) is 11.3 Å². The van der Waals surface area contributed by atoms with Gasteiger partial charge in [-0.05, 0) is 38.9 Å². The lowest BCUT2D eigenvalue weighted by molar-refractivity contribution is 0.287. The van der Waals surface area contributed by atoms with Crippen LogP contribution in [0.5, 0.6) is 0 Å². The summed E-state index contributed by atoms with van der Waals surface area (Å²) in [6.07, 6.45) is 4.07. The van der Waals surface area contributed by atoms with Gasteiger partial charge in [0.15, 0.2) is 0 Å². The van der Waals surface area contributed by atoms with E-state index >= 15 is 0 Å². The minimum absolute atomic E-state index is 0.693. The first-order valence-corrected chi connectivity index (χ1v) is 6.15. The SMILES string of the molecule is CCCN(CC)CCNCCCCC#N. The summed E-state index contributed by atoms with van der Waals surface area (Å²) in [7, 11) is 0. The normalized spacial score (nSPS) is 10.5. The molecule has 0 saturated carbocycles. The summed E-state index contributed by atoms with van der Waals surface area (Å²) >= 11 is 0. The largest absolute Gasteiger partial charge is 0.315 e. The molecular formula is C12H25N3. The molecule has 3 heteroatoms. The number of nitrogens with zero attached hydrogens (tertiary/aromatic N) is 2. The van der Waals surface area contributed by atoms with Crippen LogP contribution >= 0.6 is 0 Å². The molecule has 0 saturated heterocycles. The third-order valence-corrected chi connectivity index (χ3v) is 2.48. The summed E-state index contributed by atoms with van der Waals surface area (Å²) < 4.78 is 0. The van der Waals surface area contributed by atoms with Gasteiger partial charge in [-0.25, -0.2) is 0 Å². The van der Waals surface area contributed by atoms with Gasteiger partial charge in [-0.1, -0.05) is 13.8 Å². The Kier molecular flexibility index (Phi) is 11.0. The van der Waals surface area contributed by atoms with E-state index in [1.165, 1.54) is 13.0 Å². The summed E-state index contributed by atoms with van der Waals surface area (Å²) in [5.74, 6) is 0. The first-order valence-electron chi connectivity index (χ1n) is 6.15. The molecule has 0 atom stereocenters. The van der Waals surface area contributed by atoms with Crippen LogP contribution in [0.2, 0.25) is 0 Å². The molecule has 0 aromatic rings. The number of rotatable bonds is 10. The number of nitriles is 1. The standard InChI is InChI=1S/C12H25N3/c1-3-11-15(4-2)12-10-14-9-7-5-6-8-13/h14H,3-7,9-12H2,1-2H3. The molecule has 0 unspecified atom stereocenters. The van der Waals surface area contributed by atoms with Crippen LogP contribution < -0.4 is 5.32 Å². The van der Waals surface area contributed by atoms with Gasteiger partial charge in [0, 0.05) is 19.5 Å². The molecule has 0 spiro atoms. The number of unbranched alkanes of at least 4 members (excludes halogenated alkanes) is 2. The van der Waals surface area contributed by atoms with E-state index < -0.39 is 0 Å². The molecule has 0 fully saturated rings. The van der Waals surface area contributed by atoms with E-state index in [1.807, 2.05) is 0 Å². The van der Waals surface area contributed by atoms with E-state index in [1.54, 1.807) is 0 Å². The van der Waals surface area contributed by atoms with Gasteiger partial charge in [-0.2, -0.15) is 5.26 Å². The molecule has 0 radical (unpaired) electrons. The van der Waals surface area contributed by atoms with Crippen LogP contribution in [0.1, 0.15) is 39.5 Å². The highest BCUT2D eigenvalue weighted by Gasteiger charge is 1.98. The van der Waals surface area contributed by atoms with Gasteiger partial charge < -0.3 is 10.2 Å². The molecule has 0 aliphatic heterocycles. The van der Waals surface area contributed by atoms with Crippen molar-refractivity contribution in [2.45, 2.75) is 39.5 Å². The highest BCUT2D eigenvalue weighted by molar-refractivity contribution is 4.68. The second kappa shape index (κ2) is 11.5. The minimum atomic E-state index is 0.693. The molecular weight excluding hydrogens is 186 g/mol. The summed E-state index contributed by atoms with van der Waals surface area (Å²) in [6, 6.07) is 2.17. The molecule has 88 valence electrons. The Labute approximate surface area is 94.5 Å². The summed E-state index contributed by atoms with van der Waals surface area (Å²) in [5, 5.41) is 11.8. The first-order chi connectivity index (χ1) is 7.35. The van der Waals surface area contributed by atoms with E-state index in [0.29, 0.717) is 6.42 Å². The van der Waals surface area contributed by atoms with Crippen LogP contribution in [0.15, 0.2) is 0 Å². The second-order valence-corrected chi connectivity index (χ2v) is 3.80. The minimum Gasteiger partial charge on any atom is -0.315 e. The van der Waals surface area contributed by atoms with E-state index in [9.17, 15) is 0 Å². The maximum Gasteiger partial charge on any atom is 0.0621 e. The molecule has 0 aliphatic rings. The van der Waals surface area contributed by atoms with Gasteiger partial charge in [0.05, 0.1) is 6.07 Å². The van der Waals surface area contributed by atoms with E-state index in [-0.39, 0.29) is 0 Å². The first kappa shape index (κ1) is 14.4. The van der Waals surface area contributed by atoms with Crippen molar-refractivity contribution < 1.29 is 0 Å². The Morgan fingerprint density at radius 2 is 1.93 bits per heavy atom. The van der Waals surface area contributed by atoms with Gasteiger partial charge in [0.25, 0.3) is 0 Å². The van der Waals surface area contributed by atoms with Gasteiger partial charge in [0.1, 0.15) is 0 Å². The van der Waals surface area contributed by atoms with E-state index in [2.05, 4.69) is 30.1 Å². The molecule has 15 heavy (non-hydrogen) atoms. The second-order valence-electron chi connectivity index (χ2n) is 3.80. The van der Waals surface area contributed by atoms with Crippen LogP contribution in [-0.4, -0.2) is 37.6 Å². The van der Waals surface area contributed by atoms with Crippen LogP contribution in [0.3, 0.4) is 0 Å². The zero-order valence-corrected chi connectivity index (χ0v) is 10.3. The Hall–Kier alpha value is -0.590. The van der Waals surface area contributed by atoms with Crippen molar-refractivity contribution in [3.05, 3.63) is 0 Å². The van der Waals surface area contributed by atoms with Crippen molar-refractivity contribution in [1.29, 1.82) is 5.26 Å². The number of nitrogens with one attached hydrogen (secondary N) is 1. The number of likely N-dealkylation sites (N-methyl/N-ethyl adjacent to an activating group) is 1. The quantitative estimate of drug-likeness (QED) is 0.562. The lowest BCUT2D eigenvalue weighted by atomic mass is 10.2. The predicted molar refractivity (Wildman–Crippen MR) is 64.7 cm³/mol. The summed E-state index contributed by atoms with van der Waals surface area (Å²) in [6.45, 7) is 10.0. The van der Waals surface area contributed by atoms with Crippen molar-refractivity contribution in [3.8, 4) is 6.07 Å². The van der Waals surface area contributed by atoms with Crippen molar-refractivity contribution in [3.63, 3.8) is 0 Å². The average Bonchev–Trinajstić information content (AvgIpc) is 2.26. The maximum absolute atomic E-state index is 8.36. The lowest BCUT2D eigenvalue weighted by Crippen LogP contribution is -2.32. The smallest absolute Gasteiger partial charge is 0.0621 e. The number of hydrogen-bond donors (Lipinski definition) is 1. The monoisotopic (exact) mass is 211 g/mol. The van der Waals surface area contributed by atoms with Crippen molar-refractivity contribution >= 4 is 0 Å². The average molecular weight is 211 g/mol. The molecule has 0 aromatic carbocycles. The summed E-state index contributed by atoms with van der Waals surface area (Å²) in [5.41, 5.74) is 0. The molecule has 0 aliphatic carbocycles. The highest BCUT2D eigenvalue weighted by Crippen LogP contribution is 1.92. The highest BCUT2D eigenvalue weighted by atomic mass is 15.1. The molecule has 0 aromatic heterocycles. The Morgan fingerprint density at radius 3 is 2.53 bits per heavy atom. The van der Waals surface area contributed by atoms with Crippen LogP contribution in [0.4, 0.5) is 0 Å². The topological polar surface area (TPSA) is 39.1 Å². The summed E-state index contributed by atoms with van der Waals surface area (Å²) in [4.78, 5) is 2.46. The third kappa shape index (κ3) is 9.71. The van der Waals surface area contributed by atoms with Gasteiger partial charge in [-0.15, -0.1) is 0 Å². The van der Waals surface area contributed by atoms with Crippen molar-refractivity contribution in [1.82, 2.24) is 10.2 Å². The lowest BCUT2D eigenvalue weighted by Gasteiger charge is -2.19. The maximum atomic E-state index is 8.36. The Bertz CT molecular complexity index is 163. The number of hydrogen-bond acceptors (Lipinski definition) is 3. The molecule has 1 N–H and O–H groups in total. The molecule has 0 heterocycles. The van der Waals surface area contributed by atoms with Crippen LogP contribution in [-0.2, 0) is 0 Å². The molecule has 0 bridgehead atoms. The van der Waals surface area contributed by atoms with E-state index in [0.717, 1.165) is 39.0 Å². The van der Waals surface area contributed by atoms with Crippen molar-refractivity contribution in [2.24, 2.45) is 0 Å². The zero-order valence-electron chi connectivity index (χ0n) is 10.3. The third-order valence-electron chi connectivity index (χ3n) is 2.48. The molecule has 3 nitrogen and oxygen atoms in total. The van der Waals surface area contributed by atoms with E-state index in [4.69, 9.17) is 5.26 Å². The van der Waals surface area contributed by atoms with Gasteiger partial charge >= 0.3 is 0 Å². The van der Waals surface area contributed by atoms with Crippen molar-refractivity contribution in [2.75, 3.05) is 32.7 Å². The molecule has 0 rings (SSSR count). The fourth-order valence-corrected chi connectivity index (χ4v) is 1.56. The predicted octanol–water partition coefficient (Wildman–Crippen LogP) is 2.00. The fourth-order valence-electron chi connectivity index (χ4n) is 1.56. The van der Waals surface area contributed by atoms with Gasteiger partial charge in [-0.3, -0.25) is 0 Å². The van der Waals surface area contributed by atoms with Crippen LogP contribution in [0.25, 0.3) is 0 Å². The Morgan fingerprint density at radius 1 is 1.13 bits per heavy atom. The molecule has 0 amide bonds. The Balaban J connectivity index is 3.18. The fraction of sp³-hybridized carbons (Fsp3) is 0.917. The van der Waals surface area contributed by atoms with Gasteiger partial charge in [0.2, 0.25) is 0 Å².